The number of nitrogens with two attached hydrogens (primary N) is 2. The van der Waals surface area contributed by atoms with Crippen LogP contribution in [-0.4, -0.2) is 49.1 Å². The second-order valence-corrected chi connectivity index (χ2v) is 8.43. The normalized spacial score (nSPS) is 11.8. The Morgan fingerprint density at radius 2 is 1.76 bits per heavy atom. The standard InChI is InChI=1S/C25H25N7O5/c1-12-13(11-29-22-20(12)21(26)31-25(27)32-22)10-28-17-7-6-16(14-4-2-3-5-15(14)17)23(35)30-18(24(36)37)8-9-19(33)34/h2-7,11,18,28H,8-10H2,1H3,(H,30,35)(H,33,34)(H,36,37)(H4,26,27,29,31,32)/t18-/m0/s1. The maximum Gasteiger partial charge on any atom is 0.326 e. The summed E-state index contributed by atoms with van der Waals surface area (Å²) in [6.45, 7) is 2.29. The van der Waals surface area contributed by atoms with Gasteiger partial charge in [-0.2, -0.15) is 9.97 Å². The Labute approximate surface area is 210 Å². The number of carboxylic acid groups (broad SMARTS) is 2. The van der Waals surface area contributed by atoms with Crippen molar-refractivity contribution < 1.29 is 24.6 Å². The second kappa shape index (κ2) is 10.3. The number of carboxylic acids is 2. The molecule has 2 heterocycles. The number of nitrogens with one attached hydrogen (secondary N) is 2. The zero-order chi connectivity index (χ0) is 26.7. The molecule has 4 rings (SSSR count). The van der Waals surface area contributed by atoms with Crippen molar-refractivity contribution in [2.45, 2.75) is 32.4 Å². The van der Waals surface area contributed by atoms with Gasteiger partial charge in [-0.3, -0.25) is 9.59 Å². The van der Waals surface area contributed by atoms with Gasteiger partial charge in [-0.15, -0.1) is 0 Å². The van der Waals surface area contributed by atoms with Crippen molar-refractivity contribution in [1.29, 1.82) is 0 Å². The number of pyridine rings is 1. The molecule has 1 atom stereocenters. The molecule has 0 saturated heterocycles. The van der Waals surface area contributed by atoms with Crippen molar-refractivity contribution >= 4 is 57.1 Å². The number of nitrogen functional groups attached to an aromatic ring is 2. The number of fused-ring (bicyclic) bond motifs is 2. The van der Waals surface area contributed by atoms with Crippen LogP contribution in [0.4, 0.5) is 17.5 Å². The molecule has 12 heteroatoms. The van der Waals surface area contributed by atoms with Gasteiger partial charge >= 0.3 is 11.9 Å². The number of nitrogens with zero attached hydrogens (tertiary/aromatic N) is 3. The highest BCUT2D eigenvalue weighted by molar-refractivity contribution is 6.11. The lowest BCUT2D eigenvalue weighted by molar-refractivity contribution is -0.140. The third-order valence-electron chi connectivity index (χ3n) is 6.02. The predicted octanol–water partition coefficient (Wildman–Crippen LogP) is 2.31. The fourth-order valence-corrected chi connectivity index (χ4v) is 4.11. The molecule has 2 aromatic heterocycles. The molecule has 0 spiro atoms. The van der Waals surface area contributed by atoms with Gasteiger partial charge in [-0.05, 0) is 42.0 Å². The number of carbonyl (C=O) groups excluding carboxylic acids is 1. The average Bonchev–Trinajstić information content (AvgIpc) is 2.85. The average molecular weight is 504 g/mol. The van der Waals surface area contributed by atoms with E-state index in [0.717, 1.165) is 22.2 Å². The van der Waals surface area contributed by atoms with Crippen molar-refractivity contribution in [1.82, 2.24) is 20.3 Å². The van der Waals surface area contributed by atoms with Crippen LogP contribution in [0.1, 0.15) is 34.3 Å². The SMILES string of the molecule is Cc1c(CNc2ccc(C(=O)N[C@@H](CCC(=O)O)C(=O)O)c3ccccc23)cnc2nc(N)nc(N)c12. The summed E-state index contributed by atoms with van der Waals surface area (Å²) in [5.41, 5.74) is 14.9. The first-order valence-corrected chi connectivity index (χ1v) is 11.3. The van der Waals surface area contributed by atoms with Crippen LogP contribution in [0.5, 0.6) is 0 Å². The maximum atomic E-state index is 13.0. The van der Waals surface area contributed by atoms with E-state index >= 15 is 0 Å². The van der Waals surface area contributed by atoms with E-state index in [4.69, 9.17) is 16.6 Å². The van der Waals surface area contributed by atoms with Gasteiger partial charge in [0.1, 0.15) is 11.9 Å². The Morgan fingerprint density at radius 1 is 1.03 bits per heavy atom. The zero-order valence-electron chi connectivity index (χ0n) is 19.9. The number of aromatic nitrogens is 3. The van der Waals surface area contributed by atoms with Crippen molar-refractivity contribution in [3.8, 4) is 0 Å². The molecule has 0 unspecified atom stereocenters. The third kappa shape index (κ3) is 5.32. The predicted molar refractivity (Wildman–Crippen MR) is 138 cm³/mol. The van der Waals surface area contributed by atoms with E-state index in [0.29, 0.717) is 23.0 Å². The van der Waals surface area contributed by atoms with Crippen LogP contribution in [0.2, 0.25) is 0 Å². The number of aryl methyl sites for hydroxylation is 1. The van der Waals surface area contributed by atoms with Crippen LogP contribution in [-0.2, 0) is 16.1 Å². The van der Waals surface area contributed by atoms with Crippen molar-refractivity contribution in [2.75, 3.05) is 16.8 Å². The van der Waals surface area contributed by atoms with Crippen molar-refractivity contribution in [3.63, 3.8) is 0 Å². The summed E-state index contributed by atoms with van der Waals surface area (Å²) in [6.07, 6.45) is 1.08. The summed E-state index contributed by atoms with van der Waals surface area (Å²) in [5, 5.41) is 26.0. The van der Waals surface area contributed by atoms with Gasteiger partial charge in [0.15, 0.2) is 5.65 Å². The van der Waals surface area contributed by atoms with Crippen LogP contribution in [0.15, 0.2) is 42.6 Å². The molecule has 0 saturated carbocycles. The number of amides is 1. The van der Waals surface area contributed by atoms with Gasteiger partial charge in [-0.1, -0.05) is 24.3 Å². The van der Waals surface area contributed by atoms with Gasteiger partial charge < -0.3 is 32.3 Å². The molecule has 0 fully saturated rings. The molecule has 8 N–H and O–H groups in total. The largest absolute Gasteiger partial charge is 0.481 e. The van der Waals surface area contributed by atoms with Crippen molar-refractivity contribution in [3.05, 3.63) is 59.3 Å². The molecule has 37 heavy (non-hydrogen) atoms. The Hall–Kier alpha value is -5.00. The topological polar surface area (TPSA) is 206 Å². The maximum absolute atomic E-state index is 13.0. The third-order valence-corrected chi connectivity index (χ3v) is 6.02. The minimum absolute atomic E-state index is 0.0509. The van der Waals surface area contributed by atoms with E-state index in [1.807, 2.05) is 19.1 Å². The van der Waals surface area contributed by atoms with Gasteiger partial charge in [0.25, 0.3) is 5.91 Å². The summed E-state index contributed by atoms with van der Waals surface area (Å²) >= 11 is 0. The highest BCUT2D eigenvalue weighted by atomic mass is 16.4. The van der Waals surface area contributed by atoms with Crippen molar-refractivity contribution in [2.24, 2.45) is 0 Å². The van der Waals surface area contributed by atoms with Gasteiger partial charge in [-0.25, -0.2) is 9.78 Å². The summed E-state index contributed by atoms with van der Waals surface area (Å²) in [4.78, 5) is 47.8. The lowest BCUT2D eigenvalue weighted by Crippen LogP contribution is -2.41. The van der Waals surface area contributed by atoms with E-state index in [1.54, 1.807) is 30.5 Å². The molecule has 0 bridgehead atoms. The molecule has 2 aromatic carbocycles. The molecular formula is C25H25N7O5. The van der Waals surface area contributed by atoms with E-state index in [1.165, 1.54) is 0 Å². The second-order valence-electron chi connectivity index (χ2n) is 8.43. The number of benzene rings is 2. The van der Waals surface area contributed by atoms with Crippen LogP contribution in [0.3, 0.4) is 0 Å². The van der Waals surface area contributed by atoms with E-state index in [2.05, 4.69) is 25.6 Å². The molecular weight excluding hydrogens is 478 g/mol. The Morgan fingerprint density at radius 3 is 2.46 bits per heavy atom. The highest BCUT2D eigenvalue weighted by Crippen LogP contribution is 2.29. The minimum Gasteiger partial charge on any atom is -0.481 e. The van der Waals surface area contributed by atoms with Crippen LogP contribution < -0.4 is 22.1 Å². The zero-order valence-corrected chi connectivity index (χ0v) is 19.9. The molecule has 0 aliphatic carbocycles. The lowest BCUT2D eigenvalue weighted by Gasteiger charge is -2.17. The molecule has 12 nitrogen and oxygen atoms in total. The quantitative estimate of drug-likeness (QED) is 0.195. The highest BCUT2D eigenvalue weighted by Gasteiger charge is 2.23. The number of aliphatic carboxylic acids is 2. The van der Waals surface area contributed by atoms with Gasteiger partial charge in [0.2, 0.25) is 5.95 Å². The molecule has 0 aliphatic heterocycles. The Kier molecular flexibility index (Phi) is 7.00. The van der Waals surface area contributed by atoms with E-state index in [9.17, 15) is 19.5 Å². The summed E-state index contributed by atoms with van der Waals surface area (Å²) in [5.74, 6) is -2.75. The van der Waals surface area contributed by atoms with Crippen LogP contribution >= 0.6 is 0 Å². The van der Waals surface area contributed by atoms with Gasteiger partial charge in [0.05, 0.1) is 5.39 Å². The van der Waals surface area contributed by atoms with Gasteiger partial charge in [0, 0.05) is 35.8 Å². The fraction of sp³-hybridized carbons (Fsp3) is 0.200. The fourth-order valence-electron chi connectivity index (χ4n) is 4.11. The number of rotatable bonds is 9. The number of carbonyl (C=O) groups is 3. The first-order chi connectivity index (χ1) is 17.7. The summed E-state index contributed by atoms with van der Waals surface area (Å²) in [6, 6.07) is 9.20. The number of anilines is 3. The van der Waals surface area contributed by atoms with Crippen LogP contribution in [0, 0.1) is 6.92 Å². The molecule has 0 radical (unpaired) electrons. The Bertz CT molecular complexity index is 1540. The minimum atomic E-state index is -1.32. The molecule has 0 aliphatic rings. The molecule has 190 valence electrons. The summed E-state index contributed by atoms with van der Waals surface area (Å²) in [7, 11) is 0. The monoisotopic (exact) mass is 503 g/mol. The van der Waals surface area contributed by atoms with E-state index in [-0.39, 0.29) is 30.2 Å². The first-order valence-electron chi connectivity index (χ1n) is 11.3. The lowest BCUT2D eigenvalue weighted by atomic mass is 10.0. The molecule has 4 aromatic rings. The first kappa shape index (κ1) is 25.1. The Balaban J connectivity index is 1.60. The number of hydrogen-bond donors (Lipinski definition) is 6. The summed E-state index contributed by atoms with van der Waals surface area (Å²) < 4.78 is 0. The van der Waals surface area contributed by atoms with E-state index < -0.39 is 23.9 Å². The molecule has 1 amide bonds. The number of hydrogen-bond acceptors (Lipinski definition) is 9. The van der Waals surface area contributed by atoms with Crippen LogP contribution in [0.25, 0.3) is 21.8 Å². The smallest absolute Gasteiger partial charge is 0.326 e.